The van der Waals surface area contributed by atoms with E-state index in [-0.39, 0.29) is 23.2 Å². The number of carbonyl (C=O) groups is 1. The van der Waals surface area contributed by atoms with Crippen molar-refractivity contribution in [3.63, 3.8) is 0 Å². The second kappa shape index (κ2) is 7.21. The number of halogens is 1. The van der Waals surface area contributed by atoms with E-state index in [0.717, 1.165) is 30.5 Å². The van der Waals surface area contributed by atoms with Crippen molar-refractivity contribution in [3.05, 3.63) is 51.6 Å². The Morgan fingerprint density at radius 1 is 1.37 bits per heavy atom. The number of nitrogens with two attached hydrogens (primary N) is 1. The highest BCUT2D eigenvalue weighted by molar-refractivity contribution is 7.17. The fourth-order valence-corrected chi connectivity index (χ4v) is 4.68. The minimum absolute atomic E-state index is 0.115. The van der Waals surface area contributed by atoms with E-state index >= 15 is 0 Å². The topological polar surface area (TPSA) is 93.3 Å². The average Bonchev–Trinajstić information content (AvgIpc) is 3.07. The molecule has 0 spiro atoms. The maximum atomic E-state index is 13.2. The standard InChI is InChI=1S/C19H19FN4O2S/c20-13-5-3-11(4-6-13)14-10-27-19-16(14)18(26)22-15(23-19)9-24-7-1-2-12(8-24)17(21)25/h3-6,10,12H,1-2,7-9H2,(H2,21,25)(H,22,23,26)/p+1/t12-/m1/s1. The van der Waals surface area contributed by atoms with E-state index in [2.05, 4.69) is 9.97 Å². The van der Waals surface area contributed by atoms with Crippen molar-refractivity contribution >= 4 is 27.5 Å². The van der Waals surface area contributed by atoms with Gasteiger partial charge in [0.05, 0.1) is 24.4 Å². The van der Waals surface area contributed by atoms with Crippen LogP contribution in [0.3, 0.4) is 0 Å². The van der Waals surface area contributed by atoms with E-state index in [1.807, 2.05) is 5.38 Å². The lowest BCUT2D eigenvalue weighted by atomic mass is 9.97. The number of carbonyl (C=O) groups excluding carboxylic acids is 1. The molecule has 1 saturated heterocycles. The van der Waals surface area contributed by atoms with Crippen molar-refractivity contribution in [2.24, 2.45) is 11.7 Å². The molecule has 27 heavy (non-hydrogen) atoms. The molecule has 6 nitrogen and oxygen atoms in total. The first-order valence-corrected chi connectivity index (χ1v) is 9.78. The lowest BCUT2D eigenvalue weighted by Gasteiger charge is -2.27. The molecule has 8 heteroatoms. The SMILES string of the molecule is NC(=O)[C@@H]1CCC[NH+](Cc2nc3scc(-c4ccc(F)cc4)c3c(=O)[nH]2)C1. The summed E-state index contributed by atoms with van der Waals surface area (Å²) in [5.41, 5.74) is 6.79. The molecule has 2 atom stereocenters. The Labute approximate surface area is 158 Å². The lowest BCUT2D eigenvalue weighted by molar-refractivity contribution is -0.921. The first kappa shape index (κ1) is 17.8. The lowest BCUT2D eigenvalue weighted by Crippen LogP contribution is -3.12. The molecular formula is C19H20FN4O2S+. The number of fused-ring (bicyclic) bond motifs is 1. The van der Waals surface area contributed by atoms with Gasteiger partial charge in [-0.25, -0.2) is 9.37 Å². The van der Waals surface area contributed by atoms with Gasteiger partial charge in [0.2, 0.25) is 5.91 Å². The number of aromatic nitrogens is 2. The summed E-state index contributed by atoms with van der Waals surface area (Å²) in [7, 11) is 0. The summed E-state index contributed by atoms with van der Waals surface area (Å²) in [6.45, 7) is 2.15. The van der Waals surface area contributed by atoms with Gasteiger partial charge in [-0.15, -0.1) is 11.3 Å². The molecule has 1 aliphatic rings. The molecule has 1 aromatic carbocycles. The molecule has 4 N–H and O–H groups in total. The maximum absolute atomic E-state index is 13.2. The summed E-state index contributed by atoms with van der Waals surface area (Å²) in [6, 6.07) is 6.07. The maximum Gasteiger partial charge on any atom is 0.260 e. The van der Waals surface area contributed by atoms with Gasteiger partial charge in [0, 0.05) is 10.9 Å². The predicted octanol–water partition coefficient (Wildman–Crippen LogP) is 1.07. The smallest absolute Gasteiger partial charge is 0.260 e. The van der Waals surface area contributed by atoms with Crippen molar-refractivity contribution in [1.29, 1.82) is 0 Å². The fraction of sp³-hybridized carbons (Fsp3) is 0.316. The van der Waals surface area contributed by atoms with Gasteiger partial charge in [0.15, 0.2) is 5.82 Å². The van der Waals surface area contributed by atoms with Crippen LogP contribution in [0.25, 0.3) is 21.3 Å². The van der Waals surface area contributed by atoms with Crippen molar-refractivity contribution in [1.82, 2.24) is 9.97 Å². The van der Waals surface area contributed by atoms with Crippen LogP contribution in [0.2, 0.25) is 0 Å². The minimum Gasteiger partial charge on any atom is -0.369 e. The quantitative estimate of drug-likeness (QED) is 0.625. The monoisotopic (exact) mass is 387 g/mol. The molecule has 0 aliphatic carbocycles. The van der Waals surface area contributed by atoms with Crippen LogP contribution in [0.1, 0.15) is 18.7 Å². The van der Waals surface area contributed by atoms with Crippen molar-refractivity contribution < 1.29 is 14.1 Å². The molecule has 0 radical (unpaired) electrons. The number of rotatable bonds is 4. The van der Waals surface area contributed by atoms with Gasteiger partial charge in [0.1, 0.15) is 17.2 Å². The number of likely N-dealkylation sites (tertiary alicyclic amines) is 1. The van der Waals surface area contributed by atoms with E-state index in [0.29, 0.717) is 29.1 Å². The van der Waals surface area contributed by atoms with Crippen LogP contribution in [0.5, 0.6) is 0 Å². The van der Waals surface area contributed by atoms with Crippen molar-refractivity contribution in [3.8, 4) is 11.1 Å². The third-order valence-electron chi connectivity index (χ3n) is 5.09. The molecule has 0 saturated carbocycles. The Bertz CT molecular complexity index is 1040. The molecule has 3 aromatic rings. The van der Waals surface area contributed by atoms with Crippen LogP contribution < -0.4 is 16.2 Å². The second-order valence-electron chi connectivity index (χ2n) is 6.97. The van der Waals surface area contributed by atoms with Gasteiger partial charge in [-0.1, -0.05) is 12.1 Å². The number of primary amides is 1. The van der Waals surface area contributed by atoms with Crippen LogP contribution in [-0.4, -0.2) is 29.0 Å². The first-order chi connectivity index (χ1) is 13.0. The summed E-state index contributed by atoms with van der Waals surface area (Å²) in [6.07, 6.45) is 1.76. The Hall–Kier alpha value is -2.58. The molecule has 0 bridgehead atoms. The van der Waals surface area contributed by atoms with E-state index in [1.165, 1.54) is 28.4 Å². The zero-order chi connectivity index (χ0) is 19.0. The third kappa shape index (κ3) is 3.63. The van der Waals surface area contributed by atoms with E-state index in [1.54, 1.807) is 12.1 Å². The Morgan fingerprint density at radius 3 is 2.89 bits per heavy atom. The summed E-state index contributed by atoms with van der Waals surface area (Å²) >= 11 is 1.40. The van der Waals surface area contributed by atoms with Crippen molar-refractivity contribution in [2.45, 2.75) is 19.4 Å². The van der Waals surface area contributed by atoms with E-state index in [4.69, 9.17) is 5.73 Å². The number of quaternary nitrogens is 1. The highest BCUT2D eigenvalue weighted by atomic mass is 32.1. The zero-order valence-electron chi connectivity index (χ0n) is 14.6. The highest BCUT2D eigenvalue weighted by Gasteiger charge is 2.27. The number of nitrogens with one attached hydrogen (secondary N) is 2. The normalized spacial score (nSPS) is 20.0. The van der Waals surface area contributed by atoms with Gasteiger partial charge in [-0.05, 0) is 30.5 Å². The summed E-state index contributed by atoms with van der Waals surface area (Å²) in [4.78, 5) is 33.5. The van der Waals surface area contributed by atoms with Crippen LogP contribution >= 0.6 is 11.3 Å². The number of aromatic amines is 1. The average molecular weight is 387 g/mol. The molecule has 2 aromatic heterocycles. The van der Waals surface area contributed by atoms with Crippen LogP contribution in [-0.2, 0) is 11.3 Å². The summed E-state index contributed by atoms with van der Waals surface area (Å²) < 4.78 is 13.2. The van der Waals surface area contributed by atoms with Crippen LogP contribution in [0, 0.1) is 11.7 Å². The molecule has 4 rings (SSSR count). The first-order valence-electron chi connectivity index (χ1n) is 8.90. The number of nitrogens with zero attached hydrogens (tertiary/aromatic N) is 1. The Morgan fingerprint density at radius 2 is 2.15 bits per heavy atom. The molecule has 3 heterocycles. The van der Waals surface area contributed by atoms with Gasteiger partial charge in [0.25, 0.3) is 5.56 Å². The van der Waals surface area contributed by atoms with Crippen molar-refractivity contribution in [2.75, 3.05) is 13.1 Å². The molecule has 1 aliphatic heterocycles. The van der Waals surface area contributed by atoms with Gasteiger partial charge < -0.3 is 15.6 Å². The zero-order valence-corrected chi connectivity index (χ0v) is 15.4. The number of hydrogen-bond acceptors (Lipinski definition) is 4. The summed E-state index contributed by atoms with van der Waals surface area (Å²) in [5, 5.41) is 2.40. The molecule has 1 fully saturated rings. The van der Waals surface area contributed by atoms with E-state index < -0.39 is 0 Å². The number of piperidine rings is 1. The molecule has 1 amide bonds. The molecular weight excluding hydrogens is 367 g/mol. The Kier molecular flexibility index (Phi) is 4.75. The number of thiophene rings is 1. The predicted molar refractivity (Wildman–Crippen MR) is 102 cm³/mol. The number of H-pyrrole nitrogens is 1. The van der Waals surface area contributed by atoms with Gasteiger partial charge >= 0.3 is 0 Å². The highest BCUT2D eigenvalue weighted by Crippen LogP contribution is 2.30. The molecule has 140 valence electrons. The Balaban J connectivity index is 1.62. The van der Waals surface area contributed by atoms with E-state index in [9.17, 15) is 14.0 Å². The van der Waals surface area contributed by atoms with Gasteiger partial charge in [-0.2, -0.15) is 0 Å². The number of hydrogen-bond donors (Lipinski definition) is 3. The number of benzene rings is 1. The van der Waals surface area contributed by atoms with Crippen LogP contribution in [0.15, 0.2) is 34.4 Å². The summed E-state index contributed by atoms with van der Waals surface area (Å²) in [5.74, 6) is -0.0752. The minimum atomic E-state index is -0.314. The van der Waals surface area contributed by atoms with Gasteiger partial charge in [-0.3, -0.25) is 9.59 Å². The molecule has 1 unspecified atom stereocenters. The largest absolute Gasteiger partial charge is 0.369 e. The fourth-order valence-electron chi connectivity index (χ4n) is 3.71. The van der Waals surface area contributed by atoms with Crippen LogP contribution in [0.4, 0.5) is 4.39 Å². The third-order valence-corrected chi connectivity index (χ3v) is 5.96. The second-order valence-corrected chi connectivity index (χ2v) is 7.83. The number of amides is 1.